The minimum absolute atomic E-state index is 0.106. The first-order valence-electron chi connectivity index (χ1n) is 9.14. The quantitative estimate of drug-likeness (QED) is 0.836. The molecule has 4 heteroatoms. The molecule has 0 aliphatic carbocycles. The molecule has 0 atom stereocenters. The van der Waals surface area contributed by atoms with Gasteiger partial charge in [0.15, 0.2) is 0 Å². The molecule has 3 rings (SSSR count). The number of amides is 1. The van der Waals surface area contributed by atoms with E-state index in [0.717, 1.165) is 44.0 Å². The maximum atomic E-state index is 12.4. The number of piperazine rings is 1. The molecular weight excluding hydrogens is 324 g/mol. The van der Waals surface area contributed by atoms with Crippen molar-refractivity contribution in [1.82, 2.24) is 4.90 Å². The van der Waals surface area contributed by atoms with Crippen LogP contribution >= 0.6 is 0 Å². The van der Waals surface area contributed by atoms with Gasteiger partial charge in [-0.2, -0.15) is 0 Å². The van der Waals surface area contributed by atoms with Gasteiger partial charge in [0.1, 0.15) is 12.3 Å². The molecule has 1 aliphatic heterocycles. The van der Waals surface area contributed by atoms with Gasteiger partial charge in [-0.3, -0.25) is 4.79 Å². The average molecular weight is 351 g/mol. The number of nitrogens with zero attached hydrogens (tertiary/aromatic N) is 1. The maximum absolute atomic E-state index is 12.4. The van der Waals surface area contributed by atoms with Gasteiger partial charge < -0.3 is 14.5 Å². The molecule has 1 saturated heterocycles. The number of methoxy groups -OCH3 is 1. The lowest BCUT2D eigenvalue weighted by Gasteiger charge is -2.31. The van der Waals surface area contributed by atoms with Crippen molar-refractivity contribution in [1.29, 1.82) is 0 Å². The van der Waals surface area contributed by atoms with Crippen LogP contribution in [-0.2, 0) is 11.3 Å². The van der Waals surface area contributed by atoms with E-state index in [4.69, 9.17) is 4.74 Å². The summed E-state index contributed by atoms with van der Waals surface area (Å²) >= 11 is 0. The smallest absolute Gasteiger partial charge is 0.246 e. The fourth-order valence-electron chi connectivity index (χ4n) is 3.20. The second-order valence-corrected chi connectivity index (χ2v) is 6.84. The third-order valence-electron chi connectivity index (χ3n) is 4.89. The number of aryl methyl sites for hydroxylation is 1. The largest absolute Gasteiger partial charge is 0.497 e. The molecule has 0 unspecified atom stereocenters. The summed E-state index contributed by atoms with van der Waals surface area (Å²) in [4.78, 5) is 15.9. The van der Waals surface area contributed by atoms with Gasteiger partial charge in [0, 0.05) is 11.6 Å². The van der Waals surface area contributed by atoms with Gasteiger partial charge in [0.2, 0.25) is 5.91 Å². The lowest BCUT2D eigenvalue weighted by molar-refractivity contribution is -0.917. The van der Waals surface area contributed by atoms with Crippen LogP contribution in [0.1, 0.15) is 16.7 Å². The zero-order valence-corrected chi connectivity index (χ0v) is 15.6. The standard InChI is InChI=1S/C22H26N2O2/c1-18-3-5-19(6-4-18)9-12-22(25)24-15-13-23(14-16-24)17-20-7-10-21(26-2)11-8-20/h3-12H,13-17H2,1-2H3/p+1/b12-9+. The predicted molar refractivity (Wildman–Crippen MR) is 104 cm³/mol. The number of hydrogen-bond acceptors (Lipinski definition) is 2. The van der Waals surface area contributed by atoms with Crippen molar-refractivity contribution >= 4 is 12.0 Å². The normalized spacial score (nSPS) is 15.4. The molecule has 1 N–H and O–H groups in total. The Morgan fingerprint density at radius 1 is 1.08 bits per heavy atom. The number of quaternary nitrogens is 1. The highest BCUT2D eigenvalue weighted by molar-refractivity contribution is 5.91. The van der Waals surface area contributed by atoms with E-state index in [1.54, 1.807) is 13.2 Å². The number of rotatable bonds is 5. The van der Waals surface area contributed by atoms with Crippen LogP contribution in [0, 0.1) is 6.92 Å². The molecule has 1 fully saturated rings. The zero-order valence-electron chi connectivity index (χ0n) is 15.6. The van der Waals surface area contributed by atoms with Crippen LogP contribution in [0.4, 0.5) is 0 Å². The second-order valence-electron chi connectivity index (χ2n) is 6.84. The van der Waals surface area contributed by atoms with Crippen LogP contribution in [0.2, 0.25) is 0 Å². The number of ether oxygens (including phenoxy) is 1. The molecule has 0 bridgehead atoms. The molecule has 1 heterocycles. The average Bonchev–Trinajstić information content (AvgIpc) is 2.68. The van der Waals surface area contributed by atoms with Crippen molar-refractivity contribution in [2.75, 3.05) is 33.3 Å². The van der Waals surface area contributed by atoms with Crippen molar-refractivity contribution in [2.24, 2.45) is 0 Å². The molecule has 1 amide bonds. The molecule has 26 heavy (non-hydrogen) atoms. The van der Waals surface area contributed by atoms with Gasteiger partial charge in [0.25, 0.3) is 0 Å². The first-order chi connectivity index (χ1) is 12.6. The summed E-state index contributed by atoms with van der Waals surface area (Å²) in [5.74, 6) is 0.994. The Kier molecular flexibility index (Phi) is 6.08. The Balaban J connectivity index is 1.47. The van der Waals surface area contributed by atoms with E-state index >= 15 is 0 Å². The van der Waals surface area contributed by atoms with Crippen molar-refractivity contribution in [3.8, 4) is 5.75 Å². The number of benzene rings is 2. The number of carbonyl (C=O) groups excluding carboxylic acids is 1. The SMILES string of the molecule is COc1ccc(C[NH+]2CCN(C(=O)/C=C/c3ccc(C)cc3)CC2)cc1. The van der Waals surface area contributed by atoms with Gasteiger partial charge in [-0.25, -0.2) is 0 Å². The molecule has 136 valence electrons. The van der Waals surface area contributed by atoms with Crippen LogP contribution in [0.5, 0.6) is 5.75 Å². The Bertz CT molecular complexity index is 743. The Hall–Kier alpha value is -2.59. The maximum Gasteiger partial charge on any atom is 0.246 e. The van der Waals surface area contributed by atoms with Crippen LogP contribution < -0.4 is 9.64 Å². The lowest BCUT2D eigenvalue weighted by Crippen LogP contribution is -3.13. The van der Waals surface area contributed by atoms with Crippen molar-refractivity contribution < 1.29 is 14.4 Å². The summed E-state index contributed by atoms with van der Waals surface area (Å²) in [5.41, 5.74) is 3.59. The number of hydrogen-bond donors (Lipinski definition) is 1. The summed E-state index contributed by atoms with van der Waals surface area (Å²) in [5, 5.41) is 0. The third kappa shape index (κ3) is 4.96. The molecule has 2 aromatic rings. The molecular formula is C22H27N2O2+. The summed E-state index contributed by atoms with van der Waals surface area (Å²) in [7, 11) is 1.68. The molecule has 0 saturated carbocycles. The van der Waals surface area contributed by atoms with E-state index in [2.05, 4.69) is 31.2 Å². The fraction of sp³-hybridized carbons (Fsp3) is 0.318. The Labute approximate surface area is 155 Å². The van der Waals surface area contributed by atoms with E-state index in [1.807, 2.05) is 35.2 Å². The van der Waals surface area contributed by atoms with Crippen LogP contribution in [0.3, 0.4) is 0 Å². The molecule has 0 aromatic heterocycles. The number of nitrogens with one attached hydrogen (secondary N) is 1. The summed E-state index contributed by atoms with van der Waals surface area (Å²) in [6.07, 6.45) is 3.59. The second kappa shape index (κ2) is 8.68. The van der Waals surface area contributed by atoms with Gasteiger partial charge >= 0.3 is 0 Å². The van der Waals surface area contributed by atoms with Gasteiger partial charge in [-0.05, 0) is 42.8 Å². The van der Waals surface area contributed by atoms with Crippen molar-refractivity contribution in [3.63, 3.8) is 0 Å². The summed E-state index contributed by atoms with van der Waals surface area (Å²) in [6, 6.07) is 16.4. The van der Waals surface area contributed by atoms with Gasteiger partial charge in [0.05, 0.1) is 33.3 Å². The summed E-state index contributed by atoms with van der Waals surface area (Å²) < 4.78 is 5.20. The van der Waals surface area contributed by atoms with E-state index in [9.17, 15) is 4.79 Å². The number of carbonyl (C=O) groups is 1. The van der Waals surface area contributed by atoms with E-state index in [-0.39, 0.29) is 5.91 Å². The lowest BCUT2D eigenvalue weighted by atomic mass is 10.1. The highest BCUT2D eigenvalue weighted by Gasteiger charge is 2.22. The van der Waals surface area contributed by atoms with Crippen LogP contribution in [0.15, 0.2) is 54.6 Å². The summed E-state index contributed by atoms with van der Waals surface area (Å²) in [6.45, 7) is 6.63. The molecule has 0 radical (unpaired) electrons. The molecule has 1 aliphatic rings. The van der Waals surface area contributed by atoms with Crippen LogP contribution in [-0.4, -0.2) is 44.1 Å². The minimum Gasteiger partial charge on any atom is -0.497 e. The van der Waals surface area contributed by atoms with Crippen LogP contribution in [0.25, 0.3) is 6.08 Å². The van der Waals surface area contributed by atoms with E-state index in [1.165, 1.54) is 16.0 Å². The predicted octanol–water partition coefficient (Wildman–Crippen LogP) is 1.94. The minimum atomic E-state index is 0.106. The highest BCUT2D eigenvalue weighted by Crippen LogP contribution is 2.10. The molecule has 2 aromatic carbocycles. The molecule has 4 nitrogen and oxygen atoms in total. The highest BCUT2D eigenvalue weighted by atomic mass is 16.5. The van der Waals surface area contributed by atoms with E-state index in [0.29, 0.717) is 0 Å². The first-order valence-corrected chi connectivity index (χ1v) is 9.14. The first kappa shape index (κ1) is 18.2. The van der Waals surface area contributed by atoms with Gasteiger partial charge in [-0.15, -0.1) is 0 Å². The zero-order chi connectivity index (χ0) is 18.4. The van der Waals surface area contributed by atoms with Crippen molar-refractivity contribution in [2.45, 2.75) is 13.5 Å². The fourth-order valence-corrected chi connectivity index (χ4v) is 3.20. The van der Waals surface area contributed by atoms with Gasteiger partial charge in [-0.1, -0.05) is 29.8 Å². The Morgan fingerprint density at radius 3 is 2.35 bits per heavy atom. The topological polar surface area (TPSA) is 34.0 Å². The van der Waals surface area contributed by atoms with E-state index < -0.39 is 0 Å². The monoisotopic (exact) mass is 351 g/mol. The van der Waals surface area contributed by atoms with Crippen molar-refractivity contribution in [3.05, 3.63) is 71.3 Å². The third-order valence-corrected chi connectivity index (χ3v) is 4.89. The Morgan fingerprint density at radius 2 is 1.73 bits per heavy atom. The molecule has 0 spiro atoms.